The molecule has 2 amide bonds. The highest BCUT2D eigenvalue weighted by Crippen LogP contribution is 2.27. The fraction of sp³-hybridized carbons (Fsp3) is 0.300. The van der Waals surface area contributed by atoms with E-state index in [9.17, 15) is 14.0 Å². The predicted molar refractivity (Wildman–Crippen MR) is 94.5 cm³/mol. The number of nitrogens with one attached hydrogen (secondary N) is 2. The molecule has 3 rings (SSSR count). The highest BCUT2D eigenvalue weighted by Gasteiger charge is 2.26. The number of benzene rings is 2. The zero-order valence-electron chi connectivity index (χ0n) is 14.1. The summed E-state index contributed by atoms with van der Waals surface area (Å²) < 4.78 is 13.3. The van der Waals surface area contributed by atoms with Crippen LogP contribution in [0.4, 0.5) is 10.1 Å². The molecule has 25 heavy (non-hydrogen) atoms. The molecule has 5 heteroatoms. The summed E-state index contributed by atoms with van der Waals surface area (Å²) in [5, 5.41) is 5.75. The fourth-order valence-corrected chi connectivity index (χ4v) is 3.12. The second-order valence-corrected chi connectivity index (χ2v) is 6.43. The summed E-state index contributed by atoms with van der Waals surface area (Å²) in [6.45, 7) is 1.82. The molecule has 1 heterocycles. The second-order valence-electron chi connectivity index (χ2n) is 6.43. The van der Waals surface area contributed by atoms with E-state index in [0.29, 0.717) is 12.8 Å². The lowest BCUT2D eigenvalue weighted by Crippen LogP contribution is -2.32. The Morgan fingerprint density at radius 2 is 2.08 bits per heavy atom. The van der Waals surface area contributed by atoms with Crippen molar-refractivity contribution in [1.82, 2.24) is 5.32 Å². The van der Waals surface area contributed by atoms with Gasteiger partial charge in [0.1, 0.15) is 5.82 Å². The number of para-hydroxylation sites is 1. The molecule has 0 aromatic heterocycles. The molecule has 2 aromatic carbocycles. The highest BCUT2D eigenvalue weighted by molar-refractivity contribution is 5.96. The third kappa shape index (κ3) is 4.24. The Bertz CT molecular complexity index is 791. The van der Waals surface area contributed by atoms with Crippen LogP contribution < -0.4 is 10.6 Å². The average molecular weight is 340 g/mol. The van der Waals surface area contributed by atoms with Crippen molar-refractivity contribution in [3.63, 3.8) is 0 Å². The standard InChI is InChI=1S/C20H21FN2O2/c1-13(14-6-4-7-17(21)12-14)22-19(24)10-9-16-11-15-5-2-3-8-18(15)23-20(16)25/h2-8,12-13,16H,9-11H2,1H3,(H,22,24)(H,23,25). The number of rotatable bonds is 5. The molecule has 0 saturated carbocycles. The van der Waals surface area contributed by atoms with E-state index in [0.717, 1.165) is 16.8 Å². The van der Waals surface area contributed by atoms with Crippen molar-refractivity contribution >= 4 is 17.5 Å². The monoisotopic (exact) mass is 340 g/mol. The van der Waals surface area contributed by atoms with Gasteiger partial charge in [-0.25, -0.2) is 4.39 Å². The molecule has 0 radical (unpaired) electrons. The normalized spacial score (nSPS) is 17.4. The van der Waals surface area contributed by atoms with Gasteiger partial charge in [0, 0.05) is 18.0 Å². The second kappa shape index (κ2) is 7.47. The van der Waals surface area contributed by atoms with E-state index in [-0.39, 0.29) is 36.0 Å². The number of carbonyl (C=O) groups excluding carboxylic acids is 2. The number of hydrogen-bond donors (Lipinski definition) is 2. The van der Waals surface area contributed by atoms with E-state index in [1.165, 1.54) is 12.1 Å². The van der Waals surface area contributed by atoms with E-state index < -0.39 is 0 Å². The van der Waals surface area contributed by atoms with Crippen LogP contribution in [0.2, 0.25) is 0 Å². The molecular weight excluding hydrogens is 319 g/mol. The van der Waals surface area contributed by atoms with Gasteiger partial charge in [-0.2, -0.15) is 0 Å². The van der Waals surface area contributed by atoms with Crippen LogP contribution in [0.15, 0.2) is 48.5 Å². The Kier molecular flexibility index (Phi) is 5.12. The Balaban J connectivity index is 1.53. The maximum Gasteiger partial charge on any atom is 0.227 e. The first-order chi connectivity index (χ1) is 12.0. The number of hydrogen-bond acceptors (Lipinski definition) is 2. The van der Waals surface area contributed by atoms with Gasteiger partial charge >= 0.3 is 0 Å². The molecule has 0 spiro atoms. The van der Waals surface area contributed by atoms with Gasteiger partial charge in [-0.15, -0.1) is 0 Å². The topological polar surface area (TPSA) is 58.2 Å². The first kappa shape index (κ1) is 17.1. The number of fused-ring (bicyclic) bond motifs is 1. The molecule has 2 unspecified atom stereocenters. The smallest absolute Gasteiger partial charge is 0.227 e. The summed E-state index contributed by atoms with van der Waals surface area (Å²) in [7, 11) is 0. The van der Waals surface area contributed by atoms with Gasteiger partial charge in [-0.1, -0.05) is 30.3 Å². The summed E-state index contributed by atoms with van der Waals surface area (Å²) in [5.41, 5.74) is 2.67. The number of carbonyl (C=O) groups is 2. The van der Waals surface area contributed by atoms with Crippen molar-refractivity contribution in [2.45, 2.75) is 32.2 Å². The van der Waals surface area contributed by atoms with Crippen LogP contribution in [-0.4, -0.2) is 11.8 Å². The number of halogens is 1. The van der Waals surface area contributed by atoms with Gasteiger partial charge in [0.25, 0.3) is 0 Å². The van der Waals surface area contributed by atoms with Crippen LogP contribution in [0.5, 0.6) is 0 Å². The Morgan fingerprint density at radius 3 is 2.88 bits per heavy atom. The third-order valence-corrected chi connectivity index (χ3v) is 4.56. The molecule has 2 atom stereocenters. The first-order valence-corrected chi connectivity index (χ1v) is 8.46. The van der Waals surface area contributed by atoms with Gasteiger partial charge < -0.3 is 10.6 Å². The SMILES string of the molecule is CC(NC(=O)CCC1Cc2ccccc2NC1=O)c1cccc(F)c1. The van der Waals surface area contributed by atoms with E-state index in [2.05, 4.69) is 10.6 Å². The third-order valence-electron chi connectivity index (χ3n) is 4.56. The van der Waals surface area contributed by atoms with Gasteiger partial charge in [-0.05, 0) is 49.1 Å². The molecule has 1 aliphatic heterocycles. The van der Waals surface area contributed by atoms with Crippen LogP contribution in [0, 0.1) is 11.7 Å². The lowest BCUT2D eigenvalue weighted by Gasteiger charge is -2.24. The molecule has 0 aliphatic carbocycles. The molecule has 130 valence electrons. The van der Waals surface area contributed by atoms with E-state index in [1.54, 1.807) is 12.1 Å². The summed E-state index contributed by atoms with van der Waals surface area (Å²) in [6.07, 6.45) is 1.40. The van der Waals surface area contributed by atoms with E-state index in [1.807, 2.05) is 31.2 Å². The van der Waals surface area contributed by atoms with E-state index >= 15 is 0 Å². The van der Waals surface area contributed by atoms with Crippen molar-refractivity contribution in [2.24, 2.45) is 5.92 Å². The summed E-state index contributed by atoms with van der Waals surface area (Å²) >= 11 is 0. The van der Waals surface area contributed by atoms with Gasteiger partial charge in [0.15, 0.2) is 0 Å². The summed E-state index contributed by atoms with van der Waals surface area (Å²) in [6, 6.07) is 13.6. The molecule has 0 fully saturated rings. The van der Waals surface area contributed by atoms with Crippen LogP contribution in [0.3, 0.4) is 0 Å². The molecule has 2 N–H and O–H groups in total. The van der Waals surface area contributed by atoms with Crippen molar-refractivity contribution in [3.05, 3.63) is 65.5 Å². The summed E-state index contributed by atoms with van der Waals surface area (Å²) in [5.74, 6) is -0.700. The zero-order chi connectivity index (χ0) is 17.8. The van der Waals surface area contributed by atoms with E-state index in [4.69, 9.17) is 0 Å². The van der Waals surface area contributed by atoms with Crippen molar-refractivity contribution in [2.75, 3.05) is 5.32 Å². The van der Waals surface area contributed by atoms with Crippen LogP contribution >= 0.6 is 0 Å². The average Bonchev–Trinajstić information content (AvgIpc) is 2.60. The maximum atomic E-state index is 13.3. The zero-order valence-corrected chi connectivity index (χ0v) is 14.1. The van der Waals surface area contributed by atoms with Crippen LogP contribution in [0.25, 0.3) is 0 Å². The maximum absolute atomic E-state index is 13.3. The van der Waals surface area contributed by atoms with Crippen molar-refractivity contribution < 1.29 is 14.0 Å². The minimum atomic E-state index is -0.323. The Hall–Kier alpha value is -2.69. The fourth-order valence-electron chi connectivity index (χ4n) is 3.12. The molecule has 1 aliphatic rings. The molecular formula is C20H21FN2O2. The van der Waals surface area contributed by atoms with Gasteiger partial charge in [0.2, 0.25) is 11.8 Å². The molecule has 2 aromatic rings. The van der Waals surface area contributed by atoms with Crippen molar-refractivity contribution in [1.29, 1.82) is 0 Å². The number of anilines is 1. The minimum absolute atomic E-state index is 0.0373. The largest absolute Gasteiger partial charge is 0.350 e. The van der Waals surface area contributed by atoms with Crippen LogP contribution in [0.1, 0.15) is 36.9 Å². The molecule has 4 nitrogen and oxygen atoms in total. The van der Waals surface area contributed by atoms with Crippen LogP contribution in [-0.2, 0) is 16.0 Å². The highest BCUT2D eigenvalue weighted by atomic mass is 19.1. The Labute approximate surface area is 146 Å². The minimum Gasteiger partial charge on any atom is -0.350 e. The lowest BCUT2D eigenvalue weighted by atomic mass is 9.89. The predicted octanol–water partition coefficient (Wildman–Crippen LogP) is 3.59. The molecule has 0 saturated heterocycles. The first-order valence-electron chi connectivity index (χ1n) is 8.46. The summed E-state index contributed by atoms with van der Waals surface area (Å²) in [4.78, 5) is 24.3. The Morgan fingerprint density at radius 1 is 1.28 bits per heavy atom. The lowest BCUT2D eigenvalue weighted by molar-refractivity contribution is -0.123. The number of amides is 2. The molecule has 0 bridgehead atoms. The van der Waals surface area contributed by atoms with Crippen molar-refractivity contribution in [3.8, 4) is 0 Å². The van der Waals surface area contributed by atoms with Gasteiger partial charge in [0.05, 0.1) is 6.04 Å². The quantitative estimate of drug-likeness (QED) is 0.874. The van der Waals surface area contributed by atoms with Gasteiger partial charge in [-0.3, -0.25) is 9.59 Å².